The number of hydrogen-bond donors (Lipinski definition) is 1. The third-order valence-electron chi connectivity index (χ3n) is 5.62. The van der Waals surface area contributed by atoms with Gasteiger partial charge in [-0.1, -0.05) is 31.5 Å². The van der Waals surface area contributed by atoms with Crippen LogP contribution in [0.15, 0.2) is 42.5 Å². The third kappa shape index (κ3) is 5.03. The fourth-order valence-corrected chi connectivity index (χ4v) is 3.90. The molecule has 0 bridgehead atoms. The predicted molar refractivity (Wildman–Crippen MR) is 116 cm³/mol. The average molecular weight is 382 g/mol. The number of aryl methyl sites for hydroxylation is 1. The van der Waals surface area contributed by atoms with E-state index < -0.39 is 0 Å². The van der Waals surface area contributed by atoms with Crippen LogP contribution in [-0.2, 0) is 13.0 Å². The second kappa shape index (κ2) is 9.58. The number of nitro groups is 1. The molecule has 5 nitrogen and oxygen atoms in total. The molecule has 1 fully saturated rings. The van der Waals surface area contributed by atoms with Gasteiger partial charge in [0.2, 0.25) is 0 Å². The van der Waals surface area contributed by atoms with Crippen LogP contribution in [0.4, 0.5) is 17.1 Å². The molecule has 2 aromatic rings. The number of benzene rings is 2. The Kier molecular flexibility index (Phi) is 6.90. The molecule has 150 valence electrons. The minimum absolute atomic E-state index is 0.211. The van der Waals surface area contributed by atoms with E-state index in [9.17, 15) is 10.1 Å². The molecule has 2 aromatic carbocycles. The van der Waals surface area contributed by atoms with Crippen LogP contribution in [0.2, 0.25) is 0 Å². The summed E-state index contributed by atoms with van der Waals surface area (Å²) < 4.78 is 0. The monoisotopic (exact) mass is 381 g/mol. The lowest BCUT2D eigenvalue weighted by Crippen LogP contribution is -2.37. The highest BCUT2D eigenvalue weighted by Gasteiger charge is 2.25. The van der Waals surface area contributed by atoms with Crippen LogP contribution in [0, 0.1) is 10.1 Å². The van der Waals surface area contributed by atoms with Crippen LogP contribution < -0.4 is 10.2 Å². The summed E-state index contributed by atoms with van der Waals surface area (Å²) in [7, 11) is 0. The number of nitro benzene ring substituents is 1. The van der Waals surface area contributed by atoms with E-state index in [-0.39, 0.29) is 10.6 Å². The Bertz CT molecular complexity index is 789. The van der Waals surface area contributed by atoms with Crippen molar-refractivity contribution in [3.8, 4) is 0 Å². The Morgan fingerprint density at radius 1 is 1.14 bits per heavy atom. The van der Waals surface area contributed by atoms with Crippen LogP contribution in [0.1, 0.15) is 57.1 Å². The Labute approximate surface area is 167 Å². The van der Waals surface area contributed by atoms with E-state index in [1.54, 1.807) is 6.07 Å². The minimum Gasteiger partial charge on any atom is -0.381 e. The van der Waals surface area contributed by atoms with Gasteiger partial charge in [0.25, 0.3) is 5.69 Å². The molecular weight excluding hydrogens is 350 g/mol. The van der Waals surface area contributed by atoms with Crippen molar-refractivity contribution in [3.63, 3.8) is 0 Å². The highest BCUT2D eigenvalue weighted by molar-refractivity contribution is 5.65. The summed E-state index contributed by atoms with van der Waals surface area (Å²) in [5.41, 5.74) is 4.28. The number of rotatable bonds is 8. The standard InChI is InChI=1S/C23H31N3O2/c1-3-4-8-19-9-12-21(13-10-19)24-17-20-11-14-22(23(16-20)26(27)28)25-15-6-5-7-18(25)2/h9-14,16,18,24H,3-8,15,17H2,1-2H3. The van der Waals surface area contributed by atoms with Gasteiger partial charge in [-0.15, -0.1) is 0 Å². The first-order chi connectivity index (χ1) is 13.6. The third-order valence-corrected chi connectivity index (χ3v) is 5.62. The van der Waals surface area contributed by atoms with Crippen molar-refractivity contribution in [2.45, 2.75) is 65.0 Å². The SMILES string of the molecule is CCCCc1ccc(NCc2ccc(N3CCCCC3C)c([N+](=O)[O-])c2)cc1. The Hall–Kier alpha value is -2.56. The number of nitrogens with zero attached hydrogens (tertiary/aromatic N) is 2. The number of anilines is 2. The van der Waals surface area contributed by atoms with E-state index in [4.69, 9.17) is 0 Å². The highest BCUT2D eigenvalue weighted by Crippen LogP contribution is 2.33. The lowest BCUT2D eigenvalue weighted by molar-refractivity contribution is -0.384. The van der Waals surface area contributed by atoms with Gasteiger partial charge in [-0.05, 0) is 68.4 Å². The molecule has 1 unspecified atom stereocenters. The molecule has 1 atom stereocenters. The normalized spacial score (nSPS) is 16.8. The van der Waals surface area contributed by atoms with Gasteiger partial charge in [-0.3, -0.25) is 10.1 Å². The second-order valence-corrected chi connectivity index (χ2v) is 7.77. The predicted octanol–water partition coefficient (Wildman–Crippen LogP) is 5.93. The fourth-order valence-electron chi connectivity index (χ4n) is 3.90. The first-order valence-corrected chi connectivity index (χ1v) is 10.4. The minimum atomic E-state index is -0.247. The van der Waals surface area contributed by atoms with Gasteiger partial charge in [-0.25, -0.2) is 0 Å². The molecule has 1 aliphatic heterocycles. The first-order valence-electron chi connectivity index (χ1n) is 10.4. The maximum absolute atomic E-state index is 11.7. The summed E-state index contributed by atoms with van der Waals surface area (Å²) in [6, 6.07) is 14.5. The van der Waals surface area contributed by atoms with E-state index in [2.05, 4.69) is 48.3 Å². The topological polar surface area (TPSA) is 58.4 Å². The molecule has 0 aliphatic carbocycles. The van der Waals surface area contributed by atoms with Crippen molar-refractivity contribution in [1.29, 1.82) is 0 Å². The quantitative estimate of drug-likeness (QED) is 0.455. The summed E-state index contributed by atoms with van der Waals surface area (Å²) in [5.74, 6) is 0. The zero-order chi connectivity index (χ0) is 19.9. The Morgan fingerprint density at radius 3 is 2.57 bits per heavy atom. The molecule has 1 saturated heterocycles. The van der Waals surface area contributed by atoms with Gasteiger partial charge in [0.05, 0.1) is 4.92 Å². The molecule has 0 amide bonds. The summed E-state index contributed by atoms with van der Waals surface area (Å²) in [6.45, 7) is 5.82. The van der Waals surface area contributed by atoms with Crippen molar-refractivity contribution in [2.75, 3.05) is 16.8 Å². The van der Waals surface area contributed by atoms with Crippen LogP contribution in [0.5, 0.6) is 0 Å². The fraction of sp³-hybridized carbons (Fsp3) is 0.478. The first kappa shape index (κ1) is 20.2. The number of hydrogen-bond acceptors (Lipinski definition) is 4. The molecule has 5 heteroatoms. The van der Waals surface area contributed by atoms with Crippen molar-refractivity contribution in [1.82, 2.24) is 0 Å². The molecule has 1 heterocycles. The Morgan fingerprint density at radius 2 is 1.89 bits per heavy atom. The largest absolute Gasteiger partial charge is 0.381 e. The van der Waals surface area contributed by atoms with Crippen LogP contribution in [0.25, 0.3) is 0 Å². The molecule has 1 N–H and O–H groups in total. The highest BCUT2D eigenvalue weighted by atomic mass is 16.6. The number of piperidine rings is 1. The molecule has 0 aromatic heterocycles. The van der Waals surface area contributed by atoms with E-state index in [1.807, 2.05) is 12.1 Å². The van der Waals surface area contributed by atoms with E-state index >= 15 is 0 Å². The van der Waals surface area contributed by atoms with Gasteiger partial charge >= 0.3 is 0 Å². The molecule has 1 aliphatic rings. The van der Waals surface area contributed by atoms with E-state index in [0.29, 0.717) is 12.6 Å². The Balaban J connectivity index is 1.69. The summed E-state index contributed by atoms with van der Waals surface area (Å²) in [5, 5.41) is 15.1. The molecule has 28 heavy (non-hydrogen) atoms. The molecule has 0 saturated carbocycles. The lowest BCUT2D eigenvalue weighted by atomic mass is 10.0. The van der Waals surface area contributed by atoms with Crippen LogP contribution >= 0.6 is 0 Å². The number of nitrogens with one attached hydrogen (secondary N) is 1. The van der Waals surface area contributed by atoms with Crippen LogP contribution in [0.3, 0.4) is 0 Å². The molecule has 0 spiro atoms. The second-order valence-electron chi connectivity index (χ2n) is 7.77. The van der Waals surface area contributed by atoms with Gasteiger partial charge in [-0.2, -0.15) is 0 Å². The smallest absolute Gasteiger partial charge is 0.292 e. The maximum Gasteiger partial charge on any atom is 0.292 e. The maximum atomic E-state index is 11.7. The van der Waals surface area contributed by atoms with Crippen molar-refractivity contribution in [3.05, 3.63) is 63.7 Å². The van der Waals surface area contributed by atoms with Crippen molar-refractivity contribution in [2.24, 2.45) is 0 Å². The van der Waals surface area contributed by atoms with Gasteiger partial charge in [0.1, 0.15) is 5.69 Å². The average Bonchev–Trinajstić information content (AvgIpc) is 2.72. The molecule has 3 rings (SSSR count). The zero-order valence-corrected chi connectivity index (χ0v) is 17.0. The summed E-state index contributed by atoms with van der Waals surface area (Å²) >= 11 is 0. The van der Waals surface area contributed by atoms with Gasteiger partial charge in [0, 0.05) is 30.9 Å². The van der Waals surface area contributed by atoms with Crippen molar-refractivity contribution < 1.29 is 4.92 Å². The zero-order valence-electron chi connectivity index (χ0n) is 17.0. The summed E-state index contributed by atoms with van der Waals surface area (Å²) in [4.78, 5) is 13.6. The van der Waals surface area contributed by atoms with Crippen molar-refractivity contribution >= 4 is 17.1 Å². The van der Waals surface area contributed by atoms with Gasteiger partial charge < -0.3 is 10.2 Å². The molecule has 0 radical (unpaired) electrons. The summed E-state index contributed by atoms with van der Waals surface area (Å²) in [6.07, 6.45) is 6.90. The van der Waals surface area contributed by atoms with E-state index in [1.165, 1.54) is 24.8 Å². The molecular formula is C23H31N3O2. The van der Waals surface area contributed by atoms with Gasteiger partial charge in [0.15, 0.2) is 0 Å². The van der Waals surface area contributed by atoms with Crippen LogP contribution in [-0.4, -0.2) is 17.5 Å². The number of unbranched alkanes of at least 4 members (excludes halogenated alkanes) is 1. The van der Waals surface area contributed by atoms with E-state index in [0.717, 1.165) is 42.7 Å². The lowest BCUT2D eigenvalue weighted by Gasteiger charge is -2.35.